The normalized spacial score (nSPS) is 23.1. The summed E-state index contributed by atoms with van der Waals surface area (Å²) in [6.07, 6.45) is 9.26. The van der Waals surface area contributed by atoms with E-state index in [1.54, 1.807) is 48.8 Å². The van der Waals surface area contributed by atoms with Gasteiger partial charge < -0.3 is 29.1 Å². The first-order valence-corrected chi connectivity index (χ1v) is 18.5. The van der Waals surface area contributed by atoms with Crippen LogP contribution in [-0.2, 0) is 16.1 Å². The number of aliphatic hydroxyl groups is 1. The summed E-state index contributed by atoms with van der Waals surface area (Å²) in [6.45, 7) is 9.27. The number of aromatic nitrogens is 1. The molecule has 0 unspecified atom stereocenters. The molecule has 2 aliphatic carbocycles. The van der Waals surface area contributed by atoms with Gasteiger partial charge in [-0.3, -0.25) is 14.4 Å². The van der Waals surface area contributed by atoms with Crippen molar-refractivity contribution in [3.8, 4) is 11.1 Å². The number of piperazine rings is 1. The van der Waals surface area contributed by atoms with Crippen LogP contribution in [0.15, 0.2) is 41.3 Å². The third-order valence-corrected chi connectivity index (χ3v) is 11.7. The summed E-state index contributed by atoms with van der Waals surface area (Å²) in [5.74, 6) is -0.222. The molecule has 4 fully saturated rings. The lowest BCUT2D eigenvalue weighted by atomic mass is 9.65. The van der Waals surface area contributed by atoms with Crippen LogP contribution < -0.4 is 5.56 Å². The van der Waals surface area contributed by atoms with E-state index < -0.39 is 34.1 Å². The number of piperidine rings is 1. The van der Waals surface area contributed by atoms with Gasteiger partial charge >= 0.3 is 6.09 Å². The van der Waals surface area contributed by atoms with Gasteiger partial charge in [-0.05, 0) is 58.4 Å². The fourth-order valence-corrected chi connectivity index (χ4v) is 8.57. The van der Waals surface area contributed by atoms with E-state index in [0.29, 0.717) is 25.4 Å². The number of ether oxygens (including phenoxy) is 1. The van der Waals surface area contributed by atoms with Gasteiger partial charge in [-0.2, -0.15) is 0 Å². The molecule has 50 heavy (non-hydrogen) atoms. The lowest BCUT2D eigenvalue weighted by Gasteiger charge is -2.53. The van der Waals surface area contributed by atoms with Gasteiger partial charge in [0, 0.05) is 74.0 Å². The first kappa shape index (κ1) is 36.1. The van der Waals surface area contributed by atoms with E-state index in [-0.39, 0.29) is 67.1 Å². The van der Waals surface area contributed by atoms with Crippen molar-refractivity contribution < 1.29 is 28.6 Å². The fraction of sp³-hybridized carbons (Fsp3) is 0.641. The summed E-state index contributed by atoms with van der Waals surface area (Å²) in [5.41, 5.74) is -2.45. The maximum absolute atomic E-state index is 15.2. The van der Waals surface area contributed by atoms with Crippen molar-refractivity contribution in [2.24, 2.45) is 17.3 Å². The molecule has 2 saturated heterocycles. The summed E-state index contributed by atoms with van der Waals surface area (Å²) < 4.78 is 22.1. The van der Waals surface area contributed by atoms with E-state index in [9.17, 15) is 24.3 Å². The van der Waals surface area contributed by atoms with Crippen molar-refractivity contribution >= 4 is 17.9 Å². The zero-order valence-corrected chi connectivity index (χ0v) is 30.1. The number of nitrogens with zero attached hydrogens (tertiary/aromatic N) is 4. The maximum Gasteiger partial charge on any atom is 0.410 e. The molecule has 272 valence electrons. The third-order valence-electron chi connectivity index (χ3n) is 11.7. The number of pyridine rings is 1. The smallest absolute Gasteiger partial charge is 0.410 e. The topological polar surface area (TPSA) is 112 Å². The minimum absolute atomic E-state index is 0.0320. The summed E-state index contributed by atoms with van der Waals surface area (Å²) >= 11 is 0. The lowest BCUT2D eigenvalue weighted by molar-refractivity contribution is -0.163. The lowest BCUT2D eigenvalue weighted by Crippen LogP contribution is -2.62. The molecule has 6 rings (SSSR count). The highest BCUT2D eigenvalue weighted by atomic mass is 19.1. The summed E-state index contributed by atoms with van der Waals surface area (Å²) in [7, 11) is 0. The Morgan fingerprint density at radius 3 is 2.22 bits per heavy atom. The first-order valence-electron chi connectivity index (χ1n) is 18.5. The molecular weight excluding hydrogens is 639 g/mol. The number of benzene rings is 1. The van der Waals surface area contributed by atoms with Gasteiger partial charge in [-0.15, -0.1) is 0 Å². The Balaban J connectivity index is 1.27. The Hall–Kier alpha value is -3.73. The number of likely N-dealkylation sites (tertiary alicyclic amines) is 1. The third kappa shape index (κ3) is 7.34. The molecule has 2 aliphatic heterocycles. The highest BCUT2D eigenvalue weighted by Gasteiger charge is 2.56. The number of carbonyl (C=O) groups excluding carboxylic acids is 3. The monoisotopic (exact) mass is 692 g/mol. The molecule has 1 N–H and O–H groups in total. The van der Waals surface area contributed by atoms with E-state index in [2.05, 4.69) is 0 Å². The second-order valence-corrected chi connectivity index (χ2v) is 16.3. The molecule has 1 spiro atoms. The van der Waals surface area contributed by atoms with E-state index in [4.69, 9.17) is 4.74 Å². The maximum atomic E-state index is 15.2. The van der Waals surface area contributed by atoms with Crippen molar-refractivity contribution in [1.82, 2.24) is 19.3 Å². The van der Waals surface area contributed by atoms with Crippen LogP contribution in [0.1, 0.15) is 95.8 Å². The SMILES string of the molecule is C[C@H](CC1CCC1)C(=O)N1CC[C@@](O)(Cn2cc(C(=O)N3CCN(C(=O)OC(C)(C)C)CC3)c(-c3ccccc3F)cc2=O)C2(CCCC2)C1. The molecule has 4 aliphatic rings. The molecular formula is C39H53FN4O6. The molecule has 2 aromatic rings. The zero-order valence-electron chi connectivity index (χ0n) is 30.1. The number of carbonyl (C=O) groups is 3. The van der Waals surface area contributed by atoms with Crippen LogP contribution in [-0.4, -0.2) is 92.8 Å². The van der Waals surface area contributed by atoms with Crippen molar-refractivity contribution in [2.45, 2.75) is 103 Å². The van der Waals surface area contributed by atoms with Gasteiger partial charge in [0.1, 0.15) is 11.4 Å². The predicted molar refractivity (Wildman–Crippen MR) is 188 cm³/mol. The quantitative estimate of drug-likeness (QED) is 0.399. The number of amides is 3. The number of rotatable bonds is 7. The molecule has 3 amide bonds. The van der Waals surface area contributed by atoms with E-state index in [1.807, 2.05) is 11.8 Å². The minimum Gasteiger partial charge on any atom is -0.444 e. The molecule has 1 aromatic carbocycles. The minimum atomic E-state index is -1.28. The highest BCUT2D eigenvalue weighted by Crippen LogP contribution is 2.52. The first-order chi connectivity index (χ1) is 23.7. The molecule has 0 radical (unpaired) electrons. The Bertz CT molecular complexity index is 1650. The second kappa shape index (κ2) is 14.1. The van der Waals surface area contributed by atoms with E-state index in [1.165, 1.54) is 42.2 Å². The van der Waals surface area contributed by atoms with Crippen molar-refractivity contribution in [2.75, 3.05) is 39.3 Å². The predicted octanol–water partition coefficient (Wildman–Crippen LogP) is 5.70. The van der Waals surface area contributed by atoms with Crippen LogP contribution in [0, 0.1) is 23.1 Å². The molecule has 3 heterocycles. The molecule has 11 heteroatoms. The largest absolute Gasteiger partial charge is 0.444 e. The van der Waals surface area contributed by atoms with Gasteiger partial charge in [0.25, 0.3) is 11.5 Å². The van der Waals surface area contributed by atoms with Gasteiger partial charge in [0.05, 0.1) is 17.7 Å². The van der Waals surface area contributed by atoms with Crippen LogP contribution in [0.3, 0.4) is 0 Å². The average Bonchev–Trinajstić information content (AvgIpc) is 3.53. The van der Waals surface area contributed by atoms with Crippen LogP contribution in [0.5, 0.6) is 0 Å². The standard InChI is InChI=1S/C39H53FN4O6/c1-27(22-28-10-9-11-28)34(46)43-17-16-39(49,38(25-43)14-7-8-15-38)26-44-24-31(30(23-33(44)45)29-12-5-6-13-32(29)40)35(47)41-18-20-42(21-19-41)36(48)50-37(2,3)4/h5-6,12-13,23-24,27-28,49H,7-11,14-22,25-26H2,1-4H3/t27-,39-/m1/s1. The van der Waals surface area contributed by atoms with Gasteiger partial charge in [0.15, 0.2) is 0 Å². The summed E-state index contributed by atoms with van der Waals surface area (Å²) in [6, 6.07) is 7.36. The second-order valence-electron chi connectivity index (χ2n) is 16.3. The fourth-order valence-electron chi connectivity index (χ4n) is 8.57. The Morgan fingerprint density at radius 2 is 1.60 bits per heavy atom. The van der Waals surface area contributed by atoms with Crippen molar-refractivity contribution in [3.05, 3.63) is 58.3 Å². The van der Waals surface area contributed by atoms with Crippen LogP contribution >= 0.6 is 0 Å². The van der Waals surface area contributed by atoms with Gasteiger partial charge in [0.2, 0.25) is 5.91 Å². The van der Waals surface area contributed by atoms with Gasteiger partial charge in [-0.25, -0.2) is 9.18 Å². The summed E-state index contributed by atoms with van der Waals surface area (Å²) in [4.78, 5) is 59.4. The summed E-state index contributed by atoms with van der Waals surface area (Å²) in [5, 5.41) is 12.5. The number of hydrogen-bond donors (Lipinski definition) is 1. The number of halogens is 1. The molecule has 2 atom stereocenters. The Kier molecular flexibility index (Phi) is 10.2. The van der Waals surface area contributed by atoms with Crippen LogP contribution in [0.2, 0.25) is 0 Å². The van der Waals surface area contributed by atoms with Crippen LogP contribution in [0.4, 0.5) is 9.18 Å². The van der Waals surface area contributed by atoms with E-state index in [0.717, 1.165) is 32.1 Å². The van der Waals surface area contributed by atoms with Gasteiger partial charge in [-0.1, -0.05) is 57.2 Å². The van der Waals surface area contributed by atoms with Crippen molar-refractivity contribution in [3.63, 3.8) is 0 Å². The average molecular weight is 693 g/mol. The Labute approximate surface area is 294 Å². The Morgan fingerprint density at radius 1 is 0.940 bits per heavy atom. The number of hydrogen-bond acceptors (Lipinski definition) is 6. The highest BCUT2D eigenvalue weighted by molar-refractivity contribution is 6.00. The van der Waals surface area contributed by atoms with E-state index >= 15 is 4.39 Å². The van der Waals surface area contributed by atoms with Crippen molar-refractivity contribution in [1.29, 1.82) is 0 Å². The zero-order chi connectivity index (χ0) is 35.8. The molecule has 2 saturated carbocycles. The molecule has 10 nitrogen and oxygen atoms in total. The van der Waals surface area contributed by atoms with Crippen LogP contribution in [0.25, 0.3) is 11.1 Å². The molecule has 1 aromatic heterocycles. The molecule has 0 bridgehead atoms.